The van der Waals surface area contributed by atoms with E-state index in [9.17, 15) is 9.59 Å². The number of rotatable bonds is 4. The van der Waals surface area contributed by atoms with Crippen LogP contribution >= 0.6 is 0 Å². The molecule has 0 aromatic heterocycles. The van der Waals surface area contributed by atoms with E-state index in [0.717, 1.165) is 11.1 Å². The molecule has 1 amide bonds. The first-order valence-corrected chi connectivity index (χ1v) is 4.97. The molecular formula is C12H13NO4. The number of aliphatic carboxylic acids is 1. The van der Waals surface area contributed by atoms with Crippen molar-refractivity contribution < 1.29 is 19.8 Å². The summed E-state index contributed by atoms with van der Waals surface area (Å²) in [5, 5.41) is 19.7. The second-order valence-corrected chi connectivity index (χ2v) is 3.48. The number of aliphatic hydroxyl groups excluding tert-OH is 1. The van der Waals surface area contributed by atoms with Gasteiger partial charge < -0.3 is 15.5 Å². The van der Waals surface area contributed by atoms with Gasteiger partial charge in [0.2, 0.25) is 11.7 Å². The SMILES string of the molecule is Cc1ccccc1CNC(=O)/C=C(\O)C(=O)O. The normalized spacial score (nSPS) is 11.0. The average Bonchev–Trinajstić information content (AvgIpc) is 2.27. The van der Waals surface area contributed by atoms with E-state index in [1.807, 2.05) is 31.2 Å². The summed E-state index contributed by atoms with van der Waals surface area (Å²) in [6.07, 6.45) is 0.639. The minimum Gasteiger partial charge on any atom is -0.502 e. The van der Waals surface area contributed by atoms with E-state index >= 15 is 0 Å². The first-order valence-electron chi connectivity index (χ1n) is 4.97. The van der Waals surface area contributed by atoms with Gasteiger partial charge in [0.1, 0.15) is 0 Å². The van der Waals surface area contributed by atoms with E-state index in [2.05, 4.69) is 5.32 Å². The second-order valence-electron chi connectivity index (χ2n) is 3.48. The van der Waals surface area contributed by atoms with Gasteiger partial charge in [-0.2, -0.15) is 0 Å². The molecule has 17 heavy (non-hydrogen) atoms. The van der Waals surface area contributed by atoms with Crippen LogP contribution in [0.25, 0.3) is 0 Å². The molecule has 0 unspecified atom stereocenters. The standard InChI is InChI=1S/C12H13NO4/c1-8-4-2-3-5-9(8)7-13-11(15)6-10(14)12(16)17/h2-6,14H,7H2,1H3,(H,13,15)(H,16,17)/b10-6-. The van der Waals surface area contributed by atoms with Crippen LogP contribution in [0.1, 0.15) is 11.1 Å². The Kier molecular flexibility index (Phi) is 4.28. The molecule has 0 fully saturated rings. The number of hydrogen-bond donors (Lipinski definition) is 3. The molecule has 0 heterocycles. The van der Waals surface area contributed by atoms with Gasteiger partial charge in [0.25, 0.3) is 0 Å². The number of carboxylic acids is 1. The van der Waals surface area contributed by atoms with Crippen molar-refractivity contribution >= 4 is 11.9 Å². The molecule has 3 N–H and O–H groups in total. The molecule has 0 saturated carbocycles. The van der Waals surface area contributed by atoms with E-state index in [0.29, 0.717) is 6.08 Å². The van der Waals surface area contributed by atoms with E-state index in [1.165, 1.54) is 0 Å². The largest absolute Gasteiger partial charge is 0.502 e. The molecule has 0 bridgehead atoms. The molecule has 5 heteroatoms. The molecule has 0 aliphatic carbocycles. The monoisotopic (exact) mass is 235 g/mol. The van der Waals surface area contributed by atoms with Crippen LogP contribution < -0.4 is 5.32 Å². The highest BCUT2D eigenvalue weighted by atomic mass is 16.4. The Hall–Kier alpha value is -2.30. The quantitative estimate of drug-likeness (QED) is 0.539. The Labute approximate surface area is 98.4 Å². The molecule has 1 aromatic rings. The summed E-state index contributed by atoms with van der Waals surface area (Å²) in [5.74, 6) is -3.16. The zero-order chi connectivity index (χ0) is 12.8. The summed E-state index contributed by atoms with van der Waals surface area (Å²) in [4.78, 5) is 21.5. The Balaban J connectivity index is 2.58. The van der Waals surface area contributed by atoms with Crippen LogP contribution in [0.15, 0.2) is 36.1 Å². The van der Waals surface area contributed by atoms with Gasteiger partial charge in [-0.25, -0.2) is 4.79 Å². The minimum absolute atomic E-state index is 0.287. The summed E-state index contributed by atoms with van der Waals surface area (Å²) < 4.78 is 0. The molecule has 90 valence electrons. The van der Waals surface area contributed by atoms with Gasteiger partial charge in [-0.15, -0.1) is 0 Å². The van der Waals surface area contributed by atoms with Crippen LogP contribution in [0.2, 0.25) is 0 Å². The van der Waals surface area contributed by atoms with Crippen molar-refractivity contribution in [1.29, 1.82) is 0 Å². The van der Waals surface area contributed by atoms with Crippen molar-refractivity contribution in [2.75, 3.05) is 0 Å². The first-order chi connectivity index (χ1) is 8.00. The van der Waals surface area contributed by atoms with Crippen LogP contribution in [0.4, 0.5) is 0 Å². The van der Waals surface area contributed by atoms with E-state index in [1.54, 1.807) is 0 Å². The molecule has 0 atom stereocenters. The maximum absolute atomic E-state index is 11.2. The van der Waals surface area contributed by atoms with Gasteiger partial charge in [0, 0.05) is 6.54 Å². The lowest BCUT2D eigenvalue weighted by Gasteiger charge is -2.05. The Bertz CT molecular complexity index is 465. The second kappa shape index (κ2) is 5.69. The zero-order valence-electron chi connectivity index (χ0n) is 9.30. The summed E-state index contributed by atoms with van der Waals surface area (Å²) >= 11 is 0. The van der Waals surface area contributed by atoms with Crippen molar-refractivity contribution in [1.82, 2.24) is 5.32 Å². The summed E-state index contributed by atoms with van der Waals surface area (Å²) in [6.45, 7) is 2.20. The minimum atomic E-state index is -1.53. The molecule has 5 nitrogen and oxygen atoms in total. The number of aliphatic hydroxyl groups is 1. The van der Waals surface area contributed by atoms with Crippen LogP contribution in [-0.4, -0.2) is 22.1 Å². The highest BCUT2D eigenvalue weighted by Crippen LogP contribution is 2.05. The van der Waals surface area contributed by atoms with E-state index in [4.69, 9.17) is 10.2 Å². The van der Waals surface area contributed by atoms with Crippen LogP contribution in [0.5, 0.6) is 0 Å². The third-order valence-corrected chi connectivity index (χ3v) is 2.20. The number of nitrogens with one attached hydrogen (secondary N) is 1. The fourth-order valence-corrected chi connectivity index (χ4v) is 1.23. The van der Waals surface area contributed by atoms with E-state index in [-0.39, 0.29) is 6.54 Å². The van der Waals surface area contributed by atoms with Gasteiger partial charge in [-0.1, -0.05) is 24.3 Å². The van der Waals surface area contributed by atoms with Crippen molar-refractivity contribution in [2.45, 2.75) is 13.5 Å². The van der Waals surface area contributed by atoms with Gasteiger partial charge in [0.15, 0.2) is 0 Å². The topological polar surface area (TPSA) is 86.6 Å². The molecule has 0 aliphatic heterocycles. The van der Waals surface area contributed by atoms with Gasteiger partial charge >= 0.3 is 5.97 Å². The van der Waals surface area contributed by atoms with Crippen LogP contribution in [-0.2, 0) is 16.1 Å². The zero-order valence-corrected chi connectivity index (χ0v) is 9.30. The Morgan fingerprint density at radius 2 is 1.94 bits per heavy atom. The molecule has 0 radical (unpaired) electrons. The summed E-state index contributed by atoms with van der Waals surface area (Å²) in [6, 6.07) is 7.50. The molecule has 0 spiro atoms. The summed E-state index contributed by atoms with van der Waals surface area (Å²) in [5.41, 5.74) is 1.96. The molecule has 1 rings (SSSR count). The predicted octanol–water partition coefficient (Wildman–Crippen LogP) is 1.14. The number of carboxylic acid groups (broad SMARTS) is 1. The first kappa shape index (κ1) is 12.8. The lowest BCUT2D eigenvalue weighted by Crippen LogP contribution is -2.22. The number of aryl methyl sites for hydroxylation is 1. The van der Waals surface area contributed by atoms with E-state index < -0.39 is 17.6 Å². The summed E-state index contributed by atoms with van der Waals surface area (Å²) in [7, 11) is 0. The average molecular weight is 235 g/mol. The highest BCUT2D eigenvalue weighted by Gasteiger charge is 2.07. The fourth-order valence-electron chi connectivity index (χ4n) is 1.23. The number of hydrogen-bond acceptors (Lipinski definition) is 3. The van der Waals surface area contributed by atoms with Crippen LogP contribution in [0.3, 0.4) is 0 Å². The molecule has 1 aromatic carbocycles. The smallest absolute Gasteiger partial charge is 0.371 e. The number of carbonyl (C=O) groups excluding carboxylic acids is 1. The highest BCUT2D eigenvalue weighted by molar-refractivity contribution is 5.95. The van der Waals surface area contributed by atoms with Crippen molar-refractivity contribution in [3.63, 3.8) is 0 Å². The maximum Gasteiger partial charge on any atom is 0.371 e. The van der Waals surface area contributed by atoms with Crippen molar-refractivity contribution in [3.8, 4) is 0 Å². The van der Waals surface area contributed by atoms with Gasteiger partial charge in [-0.05, 0) is 18.1 Å². The van der Waals surface area contributed by atoms with Crippen molar-refractivity contribution in [2.24, 2.45) is 0 Å². The number of carbonyl (C=O) groups is 2. The Morgan fingerprint density at radius 1 is 1.29 bits per heavy atom. The third kappa shape index (κ3) is 3.98. The number of benzene rings is 1. The Morgan fingerprint density at radius 3 is 2.53 bits per heavy atom. The van der Waals surface area contributed by atoms with Crippen molar-refractivity contribution in [3.05, 3.63) is 47.2 Å². The number of amides is 1. The fraction of sp³-hybridized carbons (Fsp3) is 0.167. The predicted molar refractivity (Wildman–Crippen MR) is 61.4 cm³/mol. The molecule has 0 saturated heterocycles. The third-order valence-electron chi connectivity index (χ3n) is 2.20. The van der Waals surface area contributed by atoms with Gasteiger partial charge in [-0.3, -0.25) is 4.79 Å². The lowest BCUT2D eigenvalue weighted by atomic mass is 10.1. The van der Waals surface area contributed by atoms with Gasteiger partial charge in [0.05, 0.1) is 6.08 Å². The molecule has 0 aliphatic rings. The van der Waals surface area contributed by atoms with Crippen LogP contribution in [0, 0.1) is 6.92 Å². The lowest BCUT2D eigenvalue weighted by molar-refractivity contribution is -0.136. The maximum atomic E-state index is 11.2. The molecular weight excluding hydrogens is 222 g/mol.